The van der Waals surface area contributed by atoms with Crippen molar-refractivity contribution < 1.29 is 9.53 Å². The van der Waals surface area contributed by atoms with Crippen LogP contribution in [0.5, 0.6) is 5.75 Å². The summed E-state index contributed by atoms with van der Waals surface area (Å²) in [7, 11) is 1.78. The second-order valence-electron chi connectivity index (χ2n) is 6.40. The van der Waals surface area contributed by atoms with E-state index in [0.29, 0.717) is 44.0 Å². The Morgan fingerprint density at radius 1 is 1.33 bits per heavy atom. The zero-order chi connectivity index (χ0) is 19.8. The van der Waals surface area contributed by atoms with Crippen LogP contribution in [0.2, 0.25) is 5.02 Å². The molecule has 0 atom stereocenters. The molecule has 0 aliphatic heterocycles. The molecule has 2 aromatic rings. The molecule has 0 radical (unpaired) electrons. The number of likely N-dealkylation sites (N-methyl/N-ethyl adjacent to an activating group) is 1. The van der Waals surface area contributed by atoms with E-state index >= 15 is 0 Å². The lowest BCUT2D eigenvalue weighted by molar-refractivity contribution is -0.130. The molecule has 0 aliphatic carbocycles. The van der Waals surface area contributed by atoms with Crippen LogP contribution in [0.1, 0.15) is 29.8 Å². The average molecular weight is 389 g/mol. The number of hydrogen-bond donors (Lipinski definition) is 0. The molecule has 1 aromatic heterocycles. The van der Waals surface area contributed by atoms with E-state index in [-0.39, 0.29) is 5.91 Å². The molecular weight excluding hydrogens is 364 g/mol. The zero-order valence-corrected chi connectivity index (χ0v) is 16.8. The van der Waals surface area contributed by atoms with E-state index < -0.39 is 0 Å². The van der Waals surface area contributed by atoms with Crippen molar-refractivity contribution in [1.29, 1.82) is 5.26 Å². The minimum atomic E-state index is 0.0679. The molecule has 1 aromatic carbocycles. The highest BCUT2D eigenvalue weighted by atomic mass is 35.5. The Morgan fingerprint density at radius 2 is 2.04 bits per heavy atom. The van der Waals surface area contributed by atoms with E-state index in [1.807, 2.05) is 18.5 Å². The number of benzene rings is 1. The number of rotatable bonds is 9. The summed E-state index contributed by atoms with van der Waals surface area (Å²) in [5.41, 5.74) is 3.04. The van der Waals surface area contributed by atoms with Crippen LogP contribution in [-0.2, 0) is 17.8 Å². The lowest BCUT2D eigenvalue weighted by Gasteiger charge is -2.17. The predicted molar refractivity (Wildman–Crippen MR) is 105 cm³/mol. The summed E-state index contributed by atoms with van der Waals surface area (Å²) in [4.78, 5) is 14.1. The third kappa shape index (κ3) is 6.00. The lowest BCUT2D eigenvalue weighted by Crippen LogP contribution is -2.31. The SMILES string of the molecule is Cc1nn(CCC#N)c(C)c1CCC(=O)N(C)CCOc1ccc(Cl)cc1. The summed E-state index contributed by atoms with van der Waals surface area (Å²) in [5, 5.41) is 13.9. The molecule has 0 fully saturated rings. The van der Waals surface area contributed by atoms with Crippen molar-refractivity contribution in [2.24, 2.45) is 0 Å². The van der Waals surface area contributed by atoms with Crippen LogP contribution in [0.15, 0.2) is 24.3 Å². The number of hydrogen-bond acceptors (Lipinski definition) is 4. The Balaban J connectivity index is 1.80. The number of aromatic nitrogens is 2. The van der Waals surface area contributed by atoms with E-state index in [4.69, 9.17) is 21.6 Å². The predicted octanol–water partition coefficient (Wildman–Crippen LogP) is 3.54. The summed E-state index contributed by atoms with van der Waals surface area (Å²) in [5.74, 6) is 0.801. The van der Waals surface area contributed by atoms with E-state index in [0.717, 1.165) is 22.7 Å². The minimum absolute atomic E-state index is 0.0679. The summed E-state index contributed by atoms with van der Waals surface area (Å²) < 4.78 is 7.48. The van der Waals surface area contributed by atoms with Gasteiger partial charge in [-0.25, -0.2) is 0 Å². The lowest BCUT2D eigenvalue weighted by atomic mass is 10.1. The molecule has 1 heterocycles. The number of amides is 1. The molecule has 2 rings (SSSR count). The van der Waals surface area contributed by atoms with Crippen molar-refractivity contribution in [3.05, 3.63) is 46.2 Å². The smallest absolute Gasteiger partial charge is 0.222 e. The van der Waals surface area contributed by atoms with Crippen LogP contribution in [0, 0.1) is 25.2 Å². The standard InChI is InChI=1S/C20H25ClN4O2/c1-15-19(16(2)25(23-15)12-4-11-22)9-10-20(26)24(3)13-14-27-18-7-5-17(21)6-8-18/h5-8H,4,9-10,12-14H2,1-3H3. The van der Waals surface area contributed by atoms with Crippen LogP contribution in [-0.4, -0.2) is 40.8 Å². The van der Waals surface area contributed by atoms with Gasteiger partial charge in [-0.15, -0.1) is 0 Å². The van der Waals surface area contributed by atoms with Gasteiger partial charge in [0.15, 0.2) is 0 Å². The first-order chi connectivity index (χ1) is 12.9. The average Bonchev–Trinajstić information content (AvgIpc) is 2.92. The van der Waals surface area contributed by atoms with Crippen molar-refractivity contribution in [2.45, 2.75) is 39.7 Å². The topological polar surface area (TPSA) is 71.2 Å². The maximum absolute atomic E-state index is 12.4. The fourth-order valence-electron chi connectivity index (χ4n) is 2.85. The second-order valence-corrected chi connectivity index (χ2v) is 6.83. The second kappa shape index (κ2) is 9.98. The van der Waals surface area contributed by atoms with E-state index in [1.54, 1.807) is 36.2 Å². The van der Waals surface area contributed by atoms with Crippen molar-refractivity contribution >= 4 is 17.5 Å². The first-order valence-electron chi connectivity index (χ1n) is 8.94. The van der Waals surface area contributed by atoms with Gasteiger partial charge in [-0.2, -0.15) is 10.4 Å². The molecule has 0 N–H and O–H groups in total. The van der Waals surface area contributed by atoms with Gasteiger partial charge in [0.25, 0.3) is 0 Å². The molecule has 0 saturated carbocycles. The monoisotopic (exact) mass is 388 g/mol. The zero-order valence-electron chi connectivity index (χ0n) is 16.0. The number of ether oxygens (including phenoxy) is 1. The molecule has 0 spiro atoms. The fourth-order valence-corrected chi connectivity index (χ4v) is 2.97. The van der Waals surface area contributed by atoms with Crippen LogP contribution in [0.4, 0.5) is 0 Å². The normalized spacial score (nSPS) is 10.5. The fraction of sp³-hybridized carbons (Fsp3) is 0.450. The van der Waals surface area contributed by atoms with Gasteiger partial charge in [0, 0.05) is 24.2 Å². The van der Waals surface area contributed by atoms with Crippen molar-refractivity contribution in [1.82, 2.24) is 14.7 Å². The number of carbonyl (C=O) groups excluding carboxylic acids is 1. The van der Waals surface area contributed by atoms with Gasteiger partial charge in [0.1, 0.15) is 12.4 Å². The number of nitrogens with zero attached hydrogens (tertiary/aromatic N) is 4. The summed E-state index contributed by atoms with van der Waals surface area (Å²) in [6.07, 6.45) is 1.49. The molecule has 0 saturated heterocycles. The van der Waals surface area contributed by atoms with E-state index in [1.165, 1.54) is 0 Å². The Hall–Kier alpha value is -2.52. The van der Waals surface area contributed by atoms with E-state index in [2.05, 4.69) is 11.2 Å². The van der Waals surface area contributed by atoms with Crippen LogP contribution in [0.3, 0.4) is 0 Å². The van der Waals surface area contributed by atoms with Gasteiger partial charge in [-0.1, -0.05) is 11.6 Å². The molecular formula is C20H25ClN4O2. The third-order valence-electron chi connectivity index (χ3n) is 4.49. The van der Waals surface area contributed by atoms with Gasteiger partial charge in [0.05, 0.1) is 31.3 Å². The molecule has 1 amide bonds. The van der Waals surface area contributed by atoms with Gasteiger partial charge in [0.2, 0.25) is 5.91 Å². The number of halogens is 1. The van der Waals surface area contributed by atoms with Crippen LogP contribution >= 0.6 is 11.6 Å². The number of carbonyl (C=O) groups is 1. The Labute approximate surface area is 165 Å². The van der Waals surface area contributed by atoms with Crippen molar-refractivity contribution in [2.75, 3.05) is 20.2 Å². The van der Waals surface area contributed by atoms with Crippen molar-refractivity contribution in [3.63, 3.8) is 0 Å². The Bertz CT molecular complexity index is 809. The summed E-state index contributed by atoms with van der Waals surface area (Å²) in [6, 6.07) is 9.28. The molecule has 27 heavy (non-hydrogen) atoms. The molecule has 0 aliphatic rings. The Kier molecular flexibility index (Phi) is 7.68. The maximum Gasteiger partial charge on any atom is 0.222 e. The first-order valence-corrected chi connectivity index (χ1v) is 9.32. The molecule has 0 unspecified atom stereocenters. The number of aryl methyl sites for hydroxylation is 2. The summed E-state index contributed by atoms with van der Waals surface area (Å²) in [6.45, 7) is 5.45. The highest BCUT2D eigenvalue weighted by Gasteiger charge is 2.15. The molecule has 6 nitrogen and oxygen atoms in total. The maximum atomic E-state index is 12.4. The van der Waals surface area contributed by atoms with E-state index in [9.17, 15) is 4.79 Å². The minimum Gasteiger partial charge on any atom is -0.492 e. The number of nitriles is 1. The largest absolute Gasteiger partial charge is 0.492 e. The molecule has 0 bridgehead atoms. The van der Waals surface area contributed by atoms with Crippen molar-refractivity contribution in [3.8, 4) is 11.8 Å². The molecule has 144 valence electrons. The Morgan fingerprint density at radius 3 is 2.70 bits per heavy atom. The van der Waals surface area contributed by atoms with Gasteiger partial charge in [-0.05, 0) is 50.1 Å². The third-order valence-corrected chi connectivity index (χ3v) is 4.74. The van der Waals surface area contributed by atoms with Gasteiger partial charge in [-0.3, -0.25) is 9.48 Å². The highest BCUT2D eigenvalue weighted by Crippen LogP contribution is 2.17. The highest BCUT2D eigenvalue weighted by molar-refractivity contribution is 6.30. The van der Waals surface area contributed by atoms with Gasteiger partial charge < -0.3 is 9.64 Å². The quantitative estimate of drug-likeness (QED) is 0.658. The van der Waals surface area contributed by atoms with Crippen LogP contribution in [0.25, 0.3) is 0 Å². The molecule has 7 heteroatoms. The van der Waals surface area contributed by atoms with Crippen LogP contribution < -0.4 is 4.74 Å². The van der Waals surface area contributed by atoms with Gasteiger partial charge >= 0.3 is 0 Å². The summed E-state index contributed by atoms with van der Waals surface area (Å²) >= 11 is 5.84. The first kappa shape index (κ1) is 20.8.